The van der Waals surface area contributed by atoms with Crippen LogP contribution in [0.15, 0.2) is 24.3 Å². The first kappa shape index (κ1) is 13.2. The Hall–Kier alpha value is -1.22. The fourth-order valence-corrected chi connectivity index (χ4v) is 2.31. The van der Waals surface area contributed by atoms with Crippen molar-refractivity contribution in [3.8, 4) is 11.5 Å². The molecule has 1 aromatic carbocycles. The summed E-state index contributed by atoms with van der Waals surface area (Å²) in [6, 6.07) is 7.87. The molecule has 1 aromatic rings. The predicted octanol–water partition coefficient (Wildman–Crippen LogP) is 2.85. The first-order valence-electron chi connectivity index (χ1n) is 6.95. The van der Waals surface area contributed by atoms with Crippen LogP contribution in [0.2, 0.25) is 0 Å². The van der Waals surface area contributed by atoms with Crippen molar-refractivity contribution in [1.29, 1.82) is 0 Å². The Morgan fingerprint density at radius 1 is 1.17 bits per heavy atom. The summed E-state index contributed by atoms with van der Waals surface area (Å²) in [5.74, 6) is 2.62. The van der Waals surface area contributed by atoms with Crippen LogP contribution in [0.4, 0.5) is 0 Å². The van der Waals surface area contributed by atoms with Gasteiger partial charge in [-0.05, 0) is 69.5 Å². The molecule has 1 unspecified atom stereocenters. The number of hydrogen-bond acceptors (Lipinski definition) is 3. The standard InChI is InChI=1S/C15H23NO2/c1-2-17-14-5-7-15(8-6-14)18-11-9-13-4-3-10-16-12-13/h5-8,13,16H,2-4,9-12H2,1H3. The number of benzene rings is 1. The highest BCUT2D eigenvalue weighted by Crippen LogP contribution is 2.19. The first-order valence-corrected chi connectivity index (χ1v) is 6.95. The van der Waals surface area contributed by atoms with Crippen LogP contribution in [-0.2, 0) is 0 Å². The molecule has 0 amide bonds. The van der Waals surface area contributed by atoms with Crippen molar-refractivity contribution < 1.29 is 9.47 Å². The molecule has 0 saturated carbocycles. The van der Waals surface area contributed by atoms with Gasteiger partial charge in [-0.2, -0.15) is 0 Å². The van der Waals surface area contributed by atoms with E-state index in [9.17, 15) is 0 Å². The summed E-state index contributed by atoms with van der Waals surface area (Å²) in [4.78, 5) is 0. The summed E-state index contributed by atoms with van der Waals surface area (Å²) in [5.41, 5.74) is 0. The van der Waals surface area contributed by atoms with Crippen LogP contribution in [0.1, 0.15) is 26.2 Å². The Labute approximate surface area is 109 Å². The topological polar surface area (TPSA) is 30.5 Å². The van der Waals surface area contributed by atoms with Crippen molar-refractivity contribution in [2.24, 2.45) is 5.92 Å². The molecule has 18 heavy (non-hydrogen) atoms. The Morgan fingerprint density at radius 3 is 2.50 bits per heavy atom. The molecule has 1 aliphatic heterocycles. The van der Waals surface area contributed by atoms with E-state index < -0.39 is 0 Å². The molecule has 0 radical (unpaired) electrons. The molecule has 0 spiro atoms. The smallest absolute Gasteiger partial charge is 0.119 e. The van der Waals surface area contributed by atoms with Crippen LogP contribution in [0.25, 0.3) is 0 Å². The Kier molecular flexibility index (Phi) is 5.34. The summed E-state index contributed by atoms with van der Waals surface area (Å²) < 4.78 is 11.2. The highest BCUT2D eigenvalue weighted by atomic mass is 16.5. The van der Waals surface area contributed by atoms with Crippen LogP contribution < -0.4 is 14.8 Å². The minimum Gasteiger partial charge on any atom is -0.494 e. The van der Waals surface area contributed by atoms with Crippen molar-refractivity contribution in [3.63, 3.8) is 0 Å². The van der Waals surface area contributed by atoms with Gasteiger partial charge >= 0.3 is 0 Å². The maximum atomic E-state index is 5.76. The zero-order chi connectivity index (χ0) is 12.6. The predicted molar refractivity (Wildman–Crippen MR) is 73.3 cm³/mol. The number of nitrogens with one attached hydrogen (secondary N) is 1. The van der Waals surface area contributed by atoms with Gasteiger partial charge in [-0.3, -0.25) is 0 Å². The fraction of sp³-hybridized carbons (Fsp3) is 0.600. The molecule has 1 heterocycles. The van der Waals surface area contributed by atoms with E-state index in [0.29, 0.717) is 6.61 Å². The second-order valence-corrected chi connectivity index (χ2v) is 4.75. The minimum absolute atomic E-state index is 0.703. The monoisotopic (exact) mass is 249 g/mol. The Bertz CT molecular complexity index is 331. The lowest BCUT2D eigenvalue weighted by Gasteiger charge is -2.22. The van der Waals surface area contributed by atoms with Gasteiger partial charge in [0, 0.05) is 0 Å². The molecule has 100 valence electrons. The maximum absolute atomic E-state index is 5.76. The van der Waals surface area contributed by atoms with Gasteiger partial charge in [0.15, 0.2) is 0 Å². The van der Waals surface area contributed by atoms with Crippen LogP contribution >= 0.6 is 0 Å². The molecule has 1 saturated heterocycles. The van der Waals surface area contributed by atoms with Gasteiger partial charge < -0.3 is 14.8 Å². The fourth-order valence-electron chi connectivity index (χ4n) is 2.31. The Balaban J connectivity index is 1.69. The zero-order valence-corrected chi connectivity index (χ0v) is 11.2. The molecule has 2 rings (SSSR count). The third-order valence-corrected chi connectivity index (χ3v) is 3.33. The second kappa shape index (κ2) is 7.27. The number of piperidine rings is 1. The molecule has 0 aliphatic carbocycles. The van der Waals surface area contributed by atoms with Crippen molar-refractivity contribution >= 4 is 0 Å². The summed E-state index contributed by atoms with van der Waals surface area (Å²) in [7, 11) is 0. The molecule has 3 nitrogen and oxygen atoms in total. The highest BCUT2D eigenvalue weighted by Gasteiger charge is 2.12. The quantitative estimate of drug-likeness (QED) is 0.841. The summed E-state index contributed by atoms with van der Waals surface area (Å²) in [6.07, 6.45) is 3.77. The third kappa shape index (κ3) is 4.22. The molecule has 0 aromatic heterocycles. The SMILES string of the molecule is CCOc1ccc(OCCC2CCCNC2)cc1. The number of ether oxygens (including phenoxy) is 2. The summed E-state index contributed by atoms with van der Waals surface area (Å²) >= 11 is 0. The van der Waals surface area contributed by atoms with E-state index in [2.05, 4.69) is 5.32 Å². The molecule has 1 aliphatic rings. The highest BCUT2D eigenvalue weighted by molar-refractivity contribution is 5.31. The maximum Gasteiger partial charge on any atom is 0.119 e. The molecule has 3 heteroatoms. The molecule has 1 atom stereocenters. The van der Waals surface area contributed by atoms with Gasteiger partial charge in [0.2, 0.25) is 0 Å². The van der Waals surface area contributed by atoms with Gasteiger partial charge in [0.25, 0.3) is 0 Å². The van der Waals surface area contributed by atoms with E-state index in [1.54, 1.807) is 0 Å². The average Bonchev–Trinajstić information content (AvgIpc) is 2.42. The molecular formula is C15H23NO2. The van der Waals surface area contributed by atoms with E-state index in [4.69, 9.17) is 9.47 Å². The van der Waals surface area contributed by atoms with Crippen molar-refractivity contribution in [1.82, 2.24) is 5.32 Å². The van der Waals surface area contributed by atoms with E-state index in [1.807, 2.05) is 31.2 Å². The third-order valence-electron chi connectivity index (χ3n) is 3.33. The van der Waals surface area contributed by atoms with Gasteiger partial charge in [0.1, 0.15) is 11.5 Å². The molecule has 0 bridgehead atoms. The van der Waals surface area contributed by atoms with E-state index in [-0.39, 0.29) is 0 Å². The van der Waals surface area contributed by atoms with E-state index in [0.717, 1.165) is 37.0 Å². The van der Waals surface area contributed by atoms with Crippen molar-refractivity contribution in [2.45, 2.75) is 26.2 Å². The average molecular weight is 249 g/mol. The lowest BCUT2D eigenvalue weighted by molar-refractivity contribution is 0.253. The van der Waals surface area contributed by atoms with Crippen LogP contribution in [0.3, 0.4) is 0 Å². The number of hydrogen-bond donors (Lipinski definition) is 1. The first-order chi connectivity index (χ1) is 8.88. The molecule has 1 fully saturated rings. The number of rotatable bonds is 6. The summed E-state index contributed by atoms with van der Waals surface area (Å²) in [6.45, 7) is 5.82. The lowest BCUT2D eigenvalue weighted by Crippen LogP contribution is -2.30. The van der Waals surface area contributed by atoms with Gasteiger partial charge in [-0.1, -0.05) is 0 Å². The van der Waals surface area contributed by atoms with Gasteiger partial charge in [-0.15, -0.1) is 0 Å². The second-order valence-electron chi connectivity index (χ2n) is 4.75. The van der Waals surface area contributed by atoms with E-state index >= 15 is 0 Å². The summed E-state index contributed by atoms with van der Waals surface area (Å²) in [5, 5.41) is 3.43. The van der Waals surface area contributed by atoms with Crippen LogP contribution in [0, 0.1) is 5.92 Å². The normalized spacial score (nSPS) is 19.5. The Morgan fingerprint density at radius 2 is 1.89 bits per heavy atom. The molecular weight excluding hydrogens is 226 g/mol. The van der Waals surface area contributed by atoms with Crippen LogP contribution in [-0.4, -0.2) is 26.3 Å². The van der Waals surface area contributed by atoms with E-state index in [1.165, 1.54) is 19.4 Å². The minimum atomic E-state index is 0.703. The largest absolute Gasteiger partial charge is 0.494 e. The van der Waals surface area contributed by atoms with Crippen molar-refractivity contribution in [3.05, 3.63) is 24.3 Å². The van der Waals surface area contributed by atoms with Gasteiger partial charge in [-0.25, -0.2) is 0 Å². The zero-order valence-electron chi connectivity index (χ0n) is 11.2. The molecule has 1 N–H and O–H groups in total. The van der Waals surface area contributed by atoms with Crippen molar-refractivity contribution in [2.75, 3.05) is 26.3 Å². The van der Waals surface area contributed by atoms with Gasteiger partial charge in [0.05, 0.1) is 13.2 Å². The van der Waals surface area contributed by atoms with Crippen LogP contribution in [0.5, 0.6) is 11.5 Å². The lowest BCUT2D eigenvalue weighted by atomic mass is 9.97.